The molecule has 0 radical (unpaired) electrons. The lowest BCUT2D eigenvalue weighted by molar-refractivity contribution is -0.135. The number of carbonyl (C=O) groups is 1. The Bertz CT molecular complexity index is 198. The normalized spacial score (nSPS) is 31.0. The molecule has 1 unspecified atom stereocenters. The van der Waals surface area contributed by atoms with E-state index in [4.69, 9.17) is 4.74 Å². The number of fused-ring (bicyclic) bond motifs is 1. The monoisotopic (exact) mass is 139 g/mol. The van der Waals surface area contributed by atoms with E-state index in [9.17, 15) is 4.79 Å². The van der Waals surface area contributed by atoms with Crippen LogP contribution in [0.15, 0.2) is 11.6 Å². The molecular formula is C7H9NO2. The first kappa shape index (κ1) is 5.92. The summed E-state index contributed by atoms with van der Waals surface area (Å²) in [4.78, 5) is 10.9. The Morgan fingerprint density at radius 1 is 1.70 bits per heavy atom. The van der Waals surface area contributed by atoms with Gasteiger partial charge in [0.1, 0.15) is 0 Å². The minimum atomic E-state index is -0.119. The van der Waals surface area contributed by atoms with Gasteiger partial charge in [0, 0.05) is 24.6 Å². The number of carbonyl (C=O) groups excluding carboxylic acids is 1. The quantitative estimate of drug-likeness (QED) is 0.468. The Hall–Kier alpha value is -0.830. The molecule has 0 aromatic carbocycles. The lowest BCUT2D eigenvalue weighted by atomic mass is 10.00. The molecule has 1 atom stereocenters. The van der Waals surface area contributed by atoms with Crippen LogP contribution in [0.1, 0.15) is 0 Å². The summed E-state index contributed by atoms with van der Waals surface area (Å²) in [5, 5.41) is 3.17. The Labute approximate surface area is 59.1 Å². The first-order valence-electron chi connectivity index (χ1n) is 3.46. The van der Waals surface area contributed by atoms with Crippen LogP contribution in [0.25, 0.3) is 0 Å². The first-order chi connectivity index (χ1) is 4.88. The molecule has 2 rings (SSSR count). The fourth-order valence-corrected chi connectivity index (χ4v) is 1.37. The van der Waals surface area contributed by atoms with Crippen LogP contribution >= 0.6 is 0 Å². The van der Waals surface area contributed by atoms with Gasteiger partial charge < -0.3 is 10.1 Å². The molecule has 0 bridgehead atoms. The van der Waals surface area contributed by atoms with Gasteiger partial charge in [-0.25, -0.2) is 4.79 Å². The van der Waals surface area contributed by atoms with Crippen molar-refractivity contribution in [2.24, 2.45) is 5.92 Å². The van der Waals surface area contributed by atoms with Crippen LogP contribution in [-0.2, 0) is 9.53 Å². The van der Waals surface area contributed by atoms with Crippen LogP contribution in [0.5, 0.6) is 0 Å². The molecule has 0 saturated carbocycles. The Morgan fingerprint density at radius 3 is 3.40 bits per heavy atom. The zero-order chi connectivity index (χ0) is 6.97. The van der Waals surface area contributed by atoms with Gasteiger partial charge in [0.05, 0.1) is 6.61 Å². The molecule has 1 saturated heterocycles. The predicted octanol–water partition coefficient (Wildman–Crippen LogP) is -0.311. The summed E-state index contributed by atoms with van der Waals surface area (Å²) in [6.45, 7) is 2.26. The third kappa shape index (κ3) is 0.743. The molecule has 1 fully saturated rings. The van der Waals surface area contributed by atoms with Crippen molar-refractivity contribution >= 4 is 5.97 Å². The Balaban J connectivity index is 2.27. The molecule has 2 aliphatic heterocycles. The number of hydrogen-bond acceptors (Lipinski definition) is 3. The van der Waals surface area contributed by atoms with Crippen LogP contribution in [0.2, 0.25) is 0 Å². The molecule has 10 heavy (non-hydrogen) atoms. The van der Waals surface area contributed by atoms with Crippen molar-refractivity contribution in [1.82, 2.24) is 5.32 Å². The van der Waals surface area contributed by atoms with Gasteiger partial charge >= 0.3 is 5.97 Å². The topological polar surface area (TPSA) is 38.3 Å². The maximum absolute atomic E-state index is 10.9. The number of ether oxygens (including phenoxy) is 1. The largest absolute Gasteiger partial charge is 0.462 e. The highest BCUT2D eigenvalue weighted by molar-refractivity contribution is 5.91. The molecule has 2 heterocycles. The smallest absolute Gasteiger partial charge is 0.334 e. The summed E-state index contributed by atoms with van der Waals surface area (Å²) >= 11 is 0. The highest BCUT2D eigenvalue weighted by Gasteiger charge is 2.31. The van der Waals surface area contributed by atoms with Crippen LogP contribution in [-0.4, -0.2) is 25.7 Å². The fourth-order valence-electron chi connectivity index (χ4n) is 1.37. The van der Waals surface area contributed by atoms with E-state index < -0.39 is 0 Å². The van der Waals surface area contributed by atoms with Gasteiger partial charge in [-0.15, -0.1) is 0 Å². The molecule has 54 valence electrons. The summed E-state index contributed by atoms with van der Waals surface area (Å²) < 4.78 is 4.85. The second-order valence-electron chi connectivity index (χ2n) is 2.61. The standard InChI is InChI=1S/C7H9NO2/c9-7-6-1-2-8-3-5(6)4-10-7/h1,5,8H,2-4H2. The second-order valence-corrected chi connectivity index (χ2v) is 2.61. The minimum absolute atomic E-state index is 0.119. The summed E-state index contributed by atoms with van der Waals surface area (Å²) in [5.74, 6) is 0.202. The highest BCUT2D eigenvalue weighted by Crippen LogP contribution is 2.21. The summed E-state index contributed by atoms with van der Waals surface area (Å²) in [6.07, 6.45) is 1.92. The van der Waals surface area contributed by atoms with E-state index in [1.165, 1.54) is 0 Å². The van der Waals surface area contributed by atoms with Crippen LogP contribution < -0.4 is 5.32 Å². The molecular weight excluding hydrogens is 130 g/mol. The van der Waals surface area contributed by atoms with E-state index in [-0.39, 0.29) is 5.97 Å². The van der Waals surface area contributed by atoms with Crippen molar-refractivity contribution in [2.75, 3.05) is 19.7 Å². The van der Waals surface area contributed by atoms with Crippen LogP contribution in [0.3, 0.4) is 0 Å². The molecule has 3 nitrogen and oxygen atoms in total. The Morgan fingerprint density at radius 2 is 2.60 bits per heavy atom. The van der Waals surface area contributed by atoms with Gasteiger partial charge in [-0.2, -0.15) is 0 Å². The second kappa shape index (κ2) is 2.09. The lowest BCUT2D eigenvalue weighted by Gasteiger charge is -2.13. The molecule has 2 aliphatic rings. The van der Waals surface area contributed by atoms with E-state index >= 15 is 0 Å². The maximum Gasteiger partial charge on any atom is 0.334 e. The van der Waals surface area contributed by atoms with Gasteiger partial charge in [0.25, 0.3) is 0 Å². The Kier molecular flexibility index (Phi) is 1.24. The van der Waals surface area contributed by atoms with Crippen molar-refractivity contribution in [2.45, 2.75) is 0 Å². The molecule has 0 spiro atoms. The van der Waals surface area contributed by atoms with Crippen LogP contribution in [0.4, 0.5) is 0 Å². The van der Waals surface area contributed by atoms with Gasteiger partial charge in [-0.3, -0.25) is 0 Å². The number of rotatable bonds is 0. The fraction of sp³-hybridized carbons (Fsp3) is 0.571. The number of nitrogens with one attached hydrogen (secondary N) is 1. The highest BCUT2D eigenvalue weighted by atomic mass is 16.5. The van der Waals surface area contributed by atoms with Crippen LogP contribution in [0, 0.1) is 5.92 Å². The molecule has 3 heteroatoms. The zero-order valence-electron chi connectivity index (χ0n) is 5.59. The van der Waals surface area contributed by atoms with Crippen molar-refractivity contribution in [3.05, 3.63) is 11.6 Å². The number of cyclic esters (lactones) is 1. The van der Waals surface area contributed by atoms with E-state index in [1.54, 1.807) is 0 Å². The van der Waals surface area contributed by atoms with Crippen molar-refractivity contribution in [1.29, 1.82) is 0 Å². The SMILES string of the molecule is O=C1OCC2CNCC=C12. The summed E-state index contributed by atoms with van der Waals surface area (Å²) in [6, 6.07) is 0. The predicted molar refractivity (Wildman–Crippen MR) is 35.4 cm³/mol. The average Bonchev–Trinajstić information content (AvgIpc) is 2.34. The summed E-state index contributed by atoms with van der Waals surface area (Å²) in [7, 11) is 0. The molecule has 0 aromatic rings. The molecule has 0 aromatic heterocycles. The van der Waals surface area contributed by atoms with Crippen molar-refractivity contribution in [3.63, 3.8) is 0 Å². The van der Waals surface area contributed by atoms with E-state index in [0.29, 0.717) is 12.5 Å². The van der Waals surface area contributed by atoms with E-state index in [0.717, 1.165) is 18.7 Å². The van der Waals surface area contributed by atoms with Gasteiger partial charge in [-0.05, 0) is 0 Å². The minimum Gasteiger partial charge on any atom is -0.462 e. The number of hydrogen-bond donors (Lipinski definition) is 1. The summed E-state index contributed by atoms with van der Waals surface area (Å²) in [5.41, 5.74) is 0.874. The van der Waals surface area contributed by atoms with Gasteiger partial charge in [-0.1, -0.05) is 6.08 Å². The average molecular weight is 139 g/mol. The van der Waals surface area contributed by atoms with Gasteiger partial charge in [0.2, 0.25) is 0 Å². The molecule has 0 aliphatic carbocycles. The van der Waals surface area contributed by atoms with Gasteiger partial charge in [0.15, 0.2) is 0 Å². The molecule has 1 N–H and O–H groups in total. The van der Waals surface area contributed by atoms with E-state index in [1.807, 2.05) is 6.08 Å². The number of esters is 1. The third-order valence-corrected chi connectivity index (χ3v) is 1.95. The van der Waals surface area contributed by atoms with Crippen molar-refractivity contribution in [3.8, 4) is 0 Å². The lowest BCUT2D eigenvalue weighted by Crippen LogP contribution is -2.29. The zero-order valence-corrected chi connectivity index (χ0v) is 5.59. The van der Waals surface area contributed by atoms with E-state index in [2.05, 4.69) is 5.32 Å². The van der Waals surface area contributed by atoms with Crippen molar-refractivity contribution < 1.29 is 9.53 Å². The molecule has 0 amide bonds. The first-order valence-corrected chi connectivity index (χ1v) is 3.46. The maximum atomic E-state index is 10.9. The third-order valence-electron chi connectivity index (χ3n) is 1.95.